The summed E-state index contributed by atoms with van der Waals surface area (Å²) < 4.78 is 11.1. The highest BCUT2D eigenvalue weighted by Gasteiger charge is 2.43. The van der Waals surface area contributed by atoms with Gasteiger partial charge in [-0.1, -0.05) is 6.07 Å². The summed E-state index contributed by atoms with van der Waals surface area (Å²) in [4.78, 5) is 15.4. The number of nitrogens with one attached hydrogen (secondary N) is 3. The van der Waals surface area contributed by atoms with Gasteiger partial charge in [0.25, 0.3) is 0 Å². The van der Waals surface area contributed by atoms with Gasteiger partial charge < -0.3 is 25.1 Å². The highest BCUT2D eigenvalue weighted by atomic mass is 16.5. The number of ether oxygens (including phenoxy) is 2. The van der Waals surface area contributed by atoms with E-state index in [0.29, 0.717) is 18.6 Å². The summed E-state index contributed by atoms with van der Waals surface area (Å²) in [5, 5.41) is 7.16. The zero-order valence-electron chi connectivity index (χ0n) is 14.5. The second-order valence-corrected chi connectivity index (χ2v) is 6.90. The van der Waals surface area contributed by atoms with E-state index in [4.69, 9.17) is 9.47 Å². The molecule has 0 bridgehead atoms. The second kappa shape index (κ2) is 6.96. The van der Waals surface area contributed by atoms with E-state index in [1.165, 1.54) is 0 Å². The zero-order chi connectivity index (χ0) is 17.2. The molecule has 2 fully saturated rings. The number of methoxy groups -OCH3 is 1. The van der Waals surface area contributed by atoms with Gasteiger partial charge in [0.15, 0.2) is 0 Å². The van der Waals surface area contributed by atoms with Crippen molar-refractivity contribution in [3.8, 4) is 5.75 Å². The van der Waals surface area contributed by atoms with E-state index < -0.39 is 0 Å². The summed E-state index contributed by atoms with van der Waals surface area (Å²) in [7, 11) is 1.68. The van der Waals surface area contributed by atoms with Crippen molar-refractivity contribution < 1.29 is 14.3 Å². The van der Waals surface area contributed by atoms with Crippen LogP contribution in [0.25, 0.3) is 10.9 Å². The number of rotatable bonds is 5. The molecule has 1 aliphatic heterocycles. The number of hydrogen-bond acceptors (Lipinski definition) is 3. The van der Waals surface area contributed by atoms with Gasteiger partial charge >= 0.3 is 6.03 Å². The lowest BCUT2D eigenvalue weighted by Crippen LogP contribution is -2.59. The predicted molar refractivity (Wildman–Crippen MR) is 96.0 cm³/mol. The third kappa shape index (κ3) is 3.18. The number of fused-ring (bicyclic) bond motifs is 2. The predicted octanol–water partition coefficient (Wildman–Crippen LogP) is 2.59. The van der Waals surface area contributed by atoms with Gasteiger partial charge in [0.2, 0.25) is 0 Å². The first-order chi connectivity index (χ1) is 12.3. The maximum Gasteiger partial charge on any atom is 0.315 e. The molecule has 1 aromatic carbocycles. The maximum absolute atomic E-state index is 12.1. The fourth-order valence-electron chi connectivity index (χ4n) is 4.08. The molecule has 3 N–H and O–H groups in total. The highest BCUT2D eigenvalue weighted by molar-refractivity contribution is 5.89. The molecule has 3 atom stereocenters. The number of carbonyl (C=O) groups is 1. The lowest BCUT2D eigenvalue weighted by molar-refractivity contribution is -0.0999. The van der Waals surface area contributed by atoms with Crippen molar-refractivity contribution in [2.24, 2.45) is 5.92 Å². The topological polar surface area (TPSA) is 75.4 Å². The Morgan fingerprint density at radius 2 is 2.36 bits per heavy atom. The van der Waals surface area contributed by atoms with Gasteiger partial charge in [0.1, 0.15) is 5.75 Å². The number of hydrogen-bond donors (Lipinski definition) is 3. The summed E-state index contributed by atoms with van der Waals surface area (Å²) in [5.41, 5.74) is 2.20. The number of amides is 2. The Kier molecular flexibility index (Phi) is 4.53. The van der Waals surface area contributed by atoms with Crippen molar-refractivity contribution in [2.45, 2.75) is 37.8 Å². The van der Waals surface area contributed by atoms with Crippen molar-refractivity contribution >= 4 is 16.9 Å². The van der Waals surface area contributed by atoms with Crippen LogP contribution in [0.1, 0.15) is 24.8 Å². The number of benzene rings is 1. The first-order valence-corrected chi connectivity index (χ1v) is 9.05. The van der Waals surface area contributed by atoms with E-state index in [1.54, 1.807) is 7.11 Å². The molecule has 2 aliphatic rings. The van der Waals surface area contributed by atoms with Crippen LogP contribution in [0.4, 0.5) is 4.79 Å². The maximum atomic E-state index is 12.1. The van der Waals surface area contributed by atoms with E-state index in [1.807, 2.05) is 24.4 Å². The molecule has 2 amide bonds. The van der Waals surface area contributed by atoms with Crippen LogP contribution < -0.4 is 15.4 Å². The van der Waals surface area contributed by atoms with Crippen LogP contribution >= 0.6 is 0 Å². The van der Waals surface area contributed by atoms with E-state index in [0.717, 1.165) is 54.5 Å². The van der Waals surface area contributed by atoms with Crippen molar-refractivity contribution in [2.75, 3.05) is 20.3 Å². The molecule has 6 heteroatoms. The quantitative estimate of drug-likeness (QED) is 0.781. The summed E-state index contributed by atoms with van der Waals surface area (Å²) in [6, 6.07) is 6.13. The molecule has 1 saturated heterocycles. The standard InChI is InChI=1S/C19H25N3O3/c1-24-16-6-2-5-14-18(16)12(11-21-14)7-8-20-19(23)22-15-10-17-13(15)4-3-9-25-17/h2,5-6,11,13,15,17,21H,3-4,7-10H2,1H3,(H2,20,22,23)/t13-,15-,17+/m1/s1. The first-order valence-electron chi connectivity index (χ1n) is 9.05. The third-order valence-corrected chi connectivity index (χ3v) is 5.46. The minimum Gasteiger partial charge on any atom is -0.496 e. The number of aromatic nitrogens is 1. The number of aromatic amines is 1. The Hall–Kier alpha value is -2.21. The molecule has 0 radical (unpaired) electrons. The molecule has 2 aromatic rings. The zero-order valence-corrected chi connectivity index (χ0v) is 14.5. The number of H-pyrrole nitrogens is 1. The fraction of sp³-hybridized carbons (Fsp3) is 0.526. The average Bonchev–Trinajstić information content (AvgIpc) is 3.03. The van der Waals surface area contributed by atoms with E-state index in [-0.39, 0.29) is 12.1 Å². The van der Waals surface area contributed by atoms with Crippen LogP contribution in [-0.2, 0) is 11.2 Å². The van der Waals surface area contributed by atoms with Gasteiger partial charge in [-0.2, -0.15) is 0 Å². The summed E-state index contributed by atoms with van der Waals surface area (Å²) in [5.74, 6) is 1.35. The van der Waals surface area contributed by atoms with Crippen LogP contribution in [0, 0.1) is 5.92 Å². The Morgan fingerprint density at radius 1 is 1.44 bits per heavy atom. The molecule has 0 spiro atoms. The van der Waals surface area contributed by atoms with Gasteiger partial charge in [-0.3, -0.25) is 0 Å². The third-order valence-electron chi connectivity index (χ3n) is 5.46. The van der Waals surface area contributed by atoms with Crippen molar-refractivity contribution in [3.63, 3.8) is 0 Å². The summed E-state index contributed by atoms with van der Waals surface area (Å²) >= 11 is 0. The van der Waals surface area contributed by atoms with E-state index in [2.05, 4.69) is 15.6 Å². The Labute approximate surface area is 147 Å². The van der Waals surface area contributed by atoms with E-state index in [9.17, 15) is 4.79 Å². The van der Waals surface area contributed by atoms with Crippen LogP contribution in [0.5, 0.6) is 5.75 Å². The van der Waals surface area contributed by atoms with Crippen molar-refractivity contribution in [3.05, 3.63) is 30.0 Å². The minimum atomic E-state index is -0.0826. The van der Waals surface area contributed by atoms with Gasteiger partial charge in [-0.25, -0.2) is 4.79 Å². The van der Waals surface area contributed by atoms with Crippen molar-refractivity contribution in [1.29, 1.82) is 0 Å². The molecular formula is C19H25N3O3. The molecule has 6 nitrogen and oxygen atoms in total. The molecule has 25 heavy (non-hydrogen) atoms. The van der Waals surface area contributed by atoms with Gasteiger partial charge in [0.05, 0.1) is 13.2 Å². The molecular weight excluding hydrogens is 318 g/mol. The fourth-order valence-corrected chi connectivity index (χ4v) is 4.08. The highest BCUT2D eigenvalue weighted by Crippen LogP contribution is 2.37. The Morgan fingerprint density at radius 3 is 3.20 bits per heavy atom. The minimum absolute atomic E-state index is 0.0826. The van der Waals surface area contributed by atoms with Crippen LogP contribution in [0.3, 0.4) is 0 Å². The molecule has 1 aliphatic carbocycles. The van der Waals surface area contributed by atoms with Gasteiger partial charge in [-0.15, -0.1) is 0 Å². The largest absolute Gasteiger partial charge is 0.496 e. The smallest absolute Gasteiger partial charge is 0.315 e. The lowest BCUT2D eigenvalue weighted by atomic mass is 9.72. The molecule has 2 heterocycles. The van der Waals surface area contributed by atoms with Crippen LogP contribution in [0.2, 0.25) is 0 Å². The Balaban J connectivity index is 1.29. The van der Waals surface area contributed by atoms with Crippen LogP contribution in [-0.4, -0.2) is 43.4 Å². The van der Waals surface area contributed by atoms with Crippen LogP contribution in [0.15, 0.2) is 24.4 Å². The van der Waals surface area contributed by atoms with E-state index >= 15 is 0 Å². The van der Waals surface area contributed by atoms with Gasteiger partial charge in [0, 0.05) is 42.2 Å². The normalized spacial score (nSPS) is 25.1. The monoisotopic (exact) mass is 343 g/mol. The van der Waals surface area contributed by atoms with Gasteiger partial charge in [-0.05, 0) is 43.4 Å². The molecule has 134 valence electrons. The Bertz CT molecular complexity index is 757. The van der Waals surface area contributed by atoms with Crippen molar-refractivity contribution in [1.82, 2.24) is 15.6 Å². The lowest BCUT2D eigenvalue weighted by Gasteiger charge is -2.47. The second-order valence-electron chi connectivity index (χ2n) is 6.90. The average molecular weight is 343 g/mol. The number of urea groups is 1. The molecule has 1 aromatic heterocycles. The SMILES string of the molecule is COc1cccc2[nH]cc(CCNC(=O)N[C@@H]3C[C@@H]4OCCC[C@@H]43)c12. The summed E-state index contributed by atoms with van der Waals surface area (Å²) in [6.07, 6.45) is 6.31. The molecule has 0 unspecified atom stereocenters. The number of carbonyl (C=O) groups excluding carboxylic acids is 1. The first kappa shape index (κ1) is 16.3. The molecule has 4 rings (SSSR count). The molecule has 1 saturated carbocycles. The summed E-state index contributed by atoms with van der Waals surface area (Å²) in [6.45, 7) is 1.46.